The molecule has 3 N–H and O–H groups in total. The molecule has 2 amide bonds. The fourth-order valence-corrected chi connectivity index (χ4v) is 2.63. The molecule has 1 rings (SSSR count). The predicted octanol–water partition coefficient (Wildman–Crippen LogP) is 3.46. The van der Waals surface area contributed by atoms with E-state index in [1.807, 2.05) is 0 Å². The summed E-state index contributed by atoms with van der Waals surface area (Å²) in [5, 5.41) is 10.0. The second-order valence-corrected chi connectivity index (χ2v) is 7.47. The van der Waals surface area contributed by atoms with E-state index >= 15 is 0 Å². The van der Waals surface area contributed by atoms with Crippen LogP contribution in [0.4, 0.5) is 4.79 Å². The average Bonchev–Trinajstić information content (AvgIpc) is 2.57. The third-order valence-corrected chi connectivity index (χ3v) is 4.38. The number of benzene rings is 1. The maximum Gasteiger partial charge on any atom is 0.417 e. The average molecular weight is 399 g/mol. The lowest BCUT2D eigenvalue weighted by molar-refractivity contribution is -0.146. The highest BCUT2D eigenvalue weighted by Crippen LogP contribution is 2.32. The molecule has 0 aliphatic carbocycles. The van der Waals surface area contributed by atoms with Gasteiger partial charge in [0.05, 0.1) is 24.1 Å². The van der Waals surface area contributed by atoms with Crippen LogP contribution in [0.1, 0.15) is 46.2 Å². The highest BCUT2D eigenvalue weighted by Gasteiger charge is 2.41. The molecule has 1 aromatic carbocycles. The lowest BCUT2D eigenvalue weighted by Crippen LogP contribution is -2.52. The number of rotatable bonds is 7. The summed E-state index contributed by atoms with van der Waals surface area (Å²) in [6.45, 7) is 8.19. The summed E-state index contributed by atoms with van der Waals surface area (Å²) in [5.41, 5.74) is 6.42. The van der Waals surface area contributed by atoms with E-state index in [0.29, 0.717) is 10.6 Å². The lowest BCUT2D eigenvalue weighted by atomic mass is 9.91. The van der Waals surface area contributed by atoms with Crippen molar-refractivity contribution in [3.05, 3.63) is 34.9 Å². The molecule has 0 radical (unpaired) electrons. The first-order valence-corrected chi connectivity index (χ1v) is 9.12. The van der Waals surface area contributed by atoms with Crippen molar-refractivity contribution in [3.63, 3.8) is 0 Å². The summed E-state index contributed by atoms with van der Waals surface area (Å²) < 4.78 is 5.21. The minimum Gasteiger partial charge on any atom is -0.481 e. The van der Waals surface area contributed by atoms with Gasteiger partial charge in [0, 0.05) is 5.02 Å². The van der Waals surface area contributed by atoms with Gasteiger partial charge in [0.2, 0.25) is 5.91 Å². The highest BCUT2D eigenvalue weighted by molar-refractivity contribution is 6.30. The van der Waals surface area contributed by atoms with Gasteiger partial charge in [-0.3, -0.25) is 9.59 Å². The number of imide groups is 1. The van der Waals surface area contributed by atoms with E-state index in [0.717, 1.165) is 4.90 Å². The minimum absolute atomic E-state index is 0.252. The van der Waals surface area contributed by atoms with Gasteiger partial charge in [-0.2, -0.15) is 0 Å². The van der Waals surface area contributed by atoms with E-state index in [1.165, 1.54) is 6.92 Å². The van der Waals surface area contributed by atoms with Gasteiger partial charge in [0.25, 0.3) is 0 Å². The number of hydrogen-bond donors (Lipinski definition) is 2. The number of carbonyl (C=O) groups excluding carboxylic acids is 2. The molecule has 1 aromatic rings. The summed E-state index contributed by atoms with van der Waals surface area (Å²) in [6.07, 6.45) is -1.42. The molecule has 0 heterocycles. The number of nitrogens with zero attached hydrogens (tertiary/aromatic N) is 1. The Morgan fingerprint density at radius 3 is 2.00 bits per heavy atom. The van der Waals surface area contributed by atoms with Crippen LogP contribution in [0.25, 0.3) is 0 Å². The van der Waals surface area contributed by atoms with Crippen LogP contribution in [0.2, 0.25) is 5.02 Å². The van der Waals surface area contributed by atoms with Gasteiger partial charge in [0.1, 0.15) is 0 Å². The van der Waals surface area contributed by atoms with E-state index in [2.05, 4.69) is 0 Å². The number of halogens is 1. The molecule has 8 heteroatoms. The topological polar surface area (TPSA) is 110 Å². The van der Waals surface area contributed by atoms with E-state index in [1.54, 1.807) is 52.0 Å². The molecule has 0 aliphatic heterocycles. The normalized spacial score (nSPS) is 14.6. The molecule has 0 spiro atoms. The highest BCUT2D eigenvalue weighted by atomic mass is 35.5. The van der Waals surface area contributed by atoms with E-state index in [4.69, 9.17) is 22.1 Å². The standard InChI is InChI=1S/C19H27ClN2O5/c1-10(2)15(21)17(23)22(19(26)27-11(3)4)16(12(5)18(24)25)13-6-8-14(20)9-7-13/h6-12,15-16H,21H2,1-5H3,(H,24,25)/t12?,15-,16+/m0/s1. The molecule has 27 heavy (non-hydrogen) atoms. The van der Waals surface area contributed by atoms with Gasteiger partial charge in [-0.05, 0) is 44.4 Å². The van der Waals surface area contributed by atoms with Crippen molar-refractivity contribution in [1.29, 1.82) is 0 Å². The number of nitrogens with two attached hydrogens (primary N) is 1. The van der Waals surface area contributed by atoms with Crippen molar-refractivity contribution in [2.75, 3.05) is 0 Å². The van der Waals surface area contributed by atoms with Crippen molar-refractivity contribution < 1.29 is 24.2 Å². The number of carbonyl (C=O) groups is 3. The molecule has 3 atom stereocenters. The fourth-order valence-electron chi connectivity index (χ4n) is 2.50. The van der Waals surface area contributed by atoms with Gasteiger partial charge in [-0.15, -0.1) is 0 Å². The zero-order chi connectivity index (χ0) is 20.9. The number of hydrogen-bond acceptors (Lipinski definition) is 5. The van der Waals surface area contributed by atoms with Crippen LogP contribution in [0, 0.1) is 11.8 Å². The molecule has 0 aliphatic rings. The number of ether oxygens (including phenoxy) is 1. The maximum absolute atomic E-state index is 13.0. The molecule has 0 bridgehead atoms. The van der Waals surface area contributed by atoms with Crippen molar-refractivity contribution in [3.8, 4) is 0 Å². The van der Waals surface area contributed by atoms with Crippen LogP contribution in [0.15, 0.2) is 24.3 Å². The molecule has 0 saturated heterocycles. The van der Waals surface area contributed by atoms with Crippen molar-refractivity contribution in [2.24, 2.45) is 17.6 Å². The molecule has 0 saturated carbocycles. The smallest absolute Gasteiger partial charge is 0.417 e. The maximum atomic E-state index is 13.0. The first-order valence-electron chi connectivity index (χ1n) is 8.74. The second-order valence-electron chi connectivity index (χ2n) is 7.03. The quantitative estimate of drug-likeness (QED) is 0.727. The van der Waals surface area contributed by atoms with E-state index in [9.17, 15) is 19.5 Å². The second kappa shape index (κ2) is 9.71. The van der Waals surface area contributed by atoms with Crippen molar-refractivity contribution in [2.45, 2.75) is 52.8 Å². The Kier molecular flexibility index (Phi) is 8.24. The Balaban J connectivity index is 3.51. The van der Waals surface area contributed by atoms with Crippen LogP contribution in [-0.4, -0.2) is 40.1 Å². The van der Waals surface area contributed by atoms with Crippen LogP contribution >= 0.6 is 11.6 Å². The van der Waals surface area contributed by atoms with E-state index in [-0.39, 0.29) is 5.92 Å². The van der Waals surface area contributed by atoms with E-state index < -0.39 is 42.1 Å². The number of amides is 2. The largest absolute Gasteiger partial charge is 0.481 e. The van der Waals surface area contributed by atoms with Crippen LogP contribution in [0.5, 0.6) is 0 Å². The Bertz CT molecular complexity index is 675. The Labute approximate surface area is 164 Å². The monoisotopic (exact) mass is 398 g/mol. The molecular weight excluding hydrogens is 372 g/mol. The molecule has 0 fully saturated rings. The number of carboxylic acids is 1. The summed E-state index contributed by atoms with van der Waals surface area (Å²) in [7, 11) is 0. The van der Waals surface area contributed by atoms with Crippen molar-refractivity contribution >= 4 is 29.6 Å². The Hall–Kier alpha value is -2.12. The van der Waals surface area contributed by atoms with Crippen LogP contribution < -0.4 is 5.73 Å². The molecule has 1 unspecified atom stereocenters. The molecular formula is C19H27ClN2O5. The SMILES string of the molecule is CC(C)OC(=O)N(C(=O)[C@@H](N)C(C)C)[C@@H](c1ccc(Cl)cc1)C(C)C(=O)O. The Morgan fingerprint density at radius 1 is 1.07 bits per heavy atom. The summed E-state index contributed by atoms with van der Waals surface area (Å²) in [6, 6.07) is 4.21. The van der Waals surface area contributed by atoms with Gasteiger partial charge >= 0.3 is 12.1 Å². The summed E-state index contributed by atoms with van der Waals surface area (Å²) in [4.78, 5) is 38.3. The zero-order valence-corrected chi connectivity index (χ0v) is 16.9. The van der Waals surface area contributed by atoms with Gasteiger partial charge < -0.3 is 15.6 Å². The summed E-state index contributed by atoms with van der Waals surface area (Å²) in [5.74, 6) is -3.20. The fraction of sp³-hybridized carbons (Fsp3) is 0.526. The molecule has 7 nitrogen and oxygen atoms in total. The van der Waals surface area contributed by atoms with Crippen LogP contribution in [0.3, 0.4) is 0 Å². The molecule has 0 aromatic heterocycles. The van der Waals surface area contributed by atoms with Crippen LogP contribution in [-0.2, 0) is 14.3 Å². The minimum atomic E-state index is -1.16. The third kappa shape index (κ3) is 5.94. The van der Waals surface area contributed by atoms with Gasteiger partial charge in [-0.1, -0.05) is 37.6 Å². The Morgan fingerprint density at radius 2 is 1.59 bits per heavy atom. The van der Waals surface area contributed by atoms with Crippen molar-refractivity contribution in [1.82, 2.24) is 4.90 Å². The number of aliphatic carboxylic acids is 1. The molecule has 150 valence electrons. The lowest BCUT2D eigenvalue weighted by Gasteiger charge is -2.35. The number of carboxylic acid groups (broad SMARTS) is 1. The van der Waals surface area contributed by atoms with Gasteiger partial charge in [-0.25, -0.2) is 9.69 Å². The van der Waals surface area contributed by atoms with Gasteiger partial charge in [0.15, 0.2) is 0 Å². The first kappa shape index (κ1) is 22.9. The zero-order valence-electron chi connectivity index (χ0n) is 16.2. The predicted molar refractivity (Wildman–Crippen MR) is 102 cm³/mol. The third-order valence-electron chi connectivity index (χ3n) is 4.13. The summed E-state index contributed by atoms with van der Waals surface area (Å²) >= 11 is 5.92. The first-order chi connectivity index (χ1) is 12.5.